The number of benzene rings is 2. The number of esters is 1. The van der Waals surface area contributed by atoms with Gasteiger partial charge < -0.3 is 9.72 Å². The van der Waals surface area contributed by atoms with Crippen LogP contribution in [0.1, 0.15) is 37.9 Å². The molecule has 1 fully saturated rings. The fourth-order valence-electron chi connectivity index (χ4n) is 5.36. The molecule has 0 radical (unpaired) electrons. The van der Waals surface area contributed by atoms with Crippen LogP contribution in [0.15, 0.2) is 61.3 Å². The number of rotatable bonds is 8. The highest BCUT2D eigenvalue weighted by Gasteiger charge is 2.35. The predicted octanol–water partition coefficient (Wildman–Crippen LogP) is 4.13. The van der Waals surface area contributed by atoms with E-state index in [9.17, 15) is 9.18 Å². The largest absolute Gasteiger partial charge is 0.465 e. The lowest BCUT2D eigenvalue weighted by Gasteiger charge is -2.46. The molecule has 0 bridgehead atoms. The van der Waals surface area contributed by atoms with Gasteiger partial charge in [0.15, 0.2) is 0 Å². The lowest BCUT2D eigenvalue weighted by Crippen LogP contribution is -2.55. The zero-order chi connectivity index (χ0) is 25.9. The van der Waals surface area contributed by atoms with Crippen molar-refractivity contribution in [3.63, 3.8) is 0 Å². The van der Waals surface area contributed by atoms with Crippen molar-refractivity contribution < 1.29 is 13.9 Å². The highest BCUT2D eigenvalue weighted by atomic mass is 19.1. The van der Waals surface area contributed by atoms with E-state index in [-0.39, 0.29) is 29.9 Å². The molecule has 1 aliphatic heterocycles. The molecule has 3 atom stereocenters. The van der Waals surface area contributed by atoms with Gasteiger partial charge in [-0.1, -0.05) is 12.1 Å². The zero-order valence-corrected chi connectivity index (χ0v) is 21.5. The lowest BCUT2D eigenvalue weighted by molar-refractivity contribution is -0.150. The van der Waals surface area contributed by atoms with E-state index in [2.05, 4.69) is 50.2 Å². The Morgan fingerprint density at radius 1 is 1.14 bits per heavy atom. The first-order valence-electron chi connectivity index (χ1n) is 12.8. The normalized spacial score (nSPS) is 18.6. The maximum Gasteiger partial charge on any atom is 0.323 e. The minimum atomic E-state index is -0.329. The van der Waals surface area contributed by atoms with Gasteiger partial charge in [-0.2, -0.15) is 0 Å². The summed E-state index contributed by atoms with van der Waals surface area (Å²) >= 11 is 0. The van der Waals surface area contributed by atoms with E-state index in [1.807, 2.05) is 36.6 Å². The van der Waals surface area contributed by atoms with E-state index in [0.717, 1.165) is 36.3 Å². The first kappa shape index (κ1) is 25.1. The molecule has 3 heterocycles. The molecule has 194 valence electrons. The molecule has 2 aromatic heterocycles. The van der Waals surface area contributed by atoms with E-state index in [1.54, 1.807) is 12.7 Å². The second-order valence-electron chi connectivity index (χ2n) is 9.69. The van der Waals surface area contributed by atoms with E-state index in [1.165, 1.54) is 23.1 Å². The number of piperazine rings is 1. The Balaban J connectivity index is 1.39. The van der Waals surface area contributed by atoms with Gasteiger partial charge in [0.2, 0.25) is 0 Å². The standard InChI is InChI=1S/C28H33FN6O2/c1-4-37-28(36)20(3)33-11-12-35(27(16-33)21-5-7-23(29)8-6-21)19(2)13-22-15-30-26-10-9-24(14-25(22)26)34-17-31-32-18-34/h5-10,14-15,17-20,27,30H,4,11-13,16H2,1-3H3. The van der Waals surface area contributed by atoms with Gasteiger partial charge in [-0.15, -0.1) is 10.2 Å². The minimum absolute atomic E-state index is 0.0269. The van der Waals surface area contributed by atoms with E-state index >= 15 is 0 Å². The predicted molar refractivity (Wildman–Crippen MR) is 140 cm³/mol. The number of fused-ring (bicyclic) bond motifs is 1. The summed E-state index contributed by atoms with van der Waals surface area (Å²) in [6, 6.07) is 12.9. The first-order valence-corrected chi connectivity index (χ1v) is 12.8. The molecule has 8 nitrogen and oxygen atoms in total. The van der Waals surface area contributed by atoms with Crippen molar-refractivity contribution in [1.29, 1.82) is 0 Å². The van der Waals surface area contributed by atoms with Crippen LogP contribution in [0.5, 0.6) is 0 Å². The molecule has 0 aliphatic carbocycles. The summed E-state index contributed by atoms with van der Waals surface area (Å²) in [5, 5.41) is 9.02. The van der Waals surface area contributed by atoms with Crippen molar-refractivity contribution in [2.24, 2.45) is 0 Å². The Kier molecular flexibility index (Phi) is 7.34. The average Bonchev–Trinajstić information content (AvgIpc) is 3.59. The Hall–Kier alpha value is -3.56. The van der Waals surface area contributed by atoms with Crippen molar-refractivity contribution in [2.45, 2.75) is 45.3 Å². The minimum Gasteiger partial charge on any atom is -0.465 e. The van der Waals surface area contributed by atoms with Crippen LogP contribution in [-0.4, -0.2) is 73.8 Å². The highest BCUT2D eigenvalue weighted by molar-refractivity contribution is 5.85. The lowest BCUT2D eigenvalue weighted by atomic mass is 9.96. The second kappa shape index (κ2) is 10.8. The summed E-state index contributed by atoms with van der Waals surface area (Å²) in [5.74, 6) is -0.455. The van der Waals surface area contributed by atoms with Gasteiger partial charge in [-0.3, -0.25) is 19.2 Å². The number of H-pyrrole nitrogens is 1. The van der Waals surface area contributed by atoms with Crippen LogP contribution < -0.4 is 0 Å². The fraction of sp³-hybridized carbons (Fsp3) is 0.393. The zero-order valence-electron chi connectivity index (χ0n) is 21.5. The second-order valence-corrected chi connectivity index (χ2v) is 9.69. The SMILES string of the molecule is CCOC(=O)C(C)N1CCN(C(C)Cc2c[nH]c3ccc(-n4cnnc4)cc23)C(c2ccc(F)cc2)C1. The molecule has 9 heteroatoms. The van der Waals surface area contributed by atoms with E-state index in [4.69, 9.17) is 4.74 Å². The van der Waals surface area contributed by atoms with Gasteiger partial charge in [-0.05, 0) is 68.7 Å². The Bertz CT molecular complexity index is 1340. The van der Waals surface area contributed by atoms with E-state index < -0.39 is 0 Å². The number of halogens is 1. The molecule has 37 heavy (non-hydrogen) atoms. The first-order chi connectivity index (χ1) is 17.9. The number of hydrogen-bond acceptors (Lipinski definition) is 6. The number of nitrogens with zero attached hydrogens (tertiary/aromatic N) is 5. The number of carbonyl (C=O) groups is 1. The van der Waals surface area contributed by atoms with Crippen molar-refractivity contribution >= 4 is 16.9 Å². The summed E-state index contributed by atoms with van der Waals surface area (Å²) in [7, 11) is 0. The maximum atomic E-state index is 13.7. The van der Waals surface area contributed by atoms with Crippen LogP contribution in [0.2, 0.25) is 0 Å². The van der Waals surface area contributed by atoms with Crippen LogP contribution >= 0.6 is 0 Å². The van der Waals surface area contributed by atoms with Crippen LogP contribution in [0.4, 0.5) is 4.39 Å². The number of hydrogen-bond donors (Lipinski definition) is 1. The number of aromatic nitrogens is 4. The molecule has 4 aromatic rings. The summed E-state index contributed by atoms with van der Waals surface area (Å²) in [5.41, 5.74) is 4.37. The third kappa shape index (κ3) is 5.28. The molecule has 0 amide bonds. The molecule has 3 unspecified atom stereocenters. The van der Waals surface area contributed by atoms with Gasteiger partial charge in [0.25, 0.3) is 0 Å². The molecule has 0 spiro atoms. The average molecular weight is 505 g/mol. The van der Waals surface area contributed by atoms with Gasteiger partial charge >= 0.3 is 5.97 Å². The Labute approximate surface area is 216 Å². The van der Waals surface area contributed by atoms with Gasteiger partial charge in [0.1, 0.15) is 24.5 Å². The quantitative estimate of drug-likeness (QED) is 0.364. The van der Waals surface area contributed by atoms with Crippen LogP contribution in [0.25, 0.3) is 16.6 Å². The number of aromatic amines is 1. The van der Waals surface area contributed by atoms with Crippen molar-refractivity contribution in [3.05, 3.63) is 78.3 Å². The van der Waals surface area contributed by atoms with Gasteiger partial charge in [-0.25, -0.2) is 4.39 Å². The van der Waals surface area contributed by atoms with Crippen molar-refractivity contribution in [3.8, 4) is 5.69 Å². The monoisotopic (exact) mass is 504 g/mol. The van der Waals surface area contributed by atoms with Crippen LogP contribution in [0.3, 0.4) is 0 Å². The summed E-state index contributed by atoms with van der Waals surface area (Å²) in [6.07, 6.45) is 6.32. The maximum absolute atomic E-state index is 13.7. The molecule has 1 aliphatic rings. The molecular weight excluding hydrogens is 471 g/mol. The molecule has 5 rings (SSSR count). The van der Waals surface area contributed by atoms with E-state index in [0.29, 0.717) is 13.2 Å². The third-order valence-electron chi connectivity index (χ3n) is 7.43. The summed E-state index contributed by atoms with van der Waals surface area (Å²) < 4.78 is 20.9. The topological polar surface area (TPSA) is 79.3 Å². The van der Waals surface area contributed by atoms with Crippen molar-refractivity contribution in [2.75, 3.05) is 26.2 Å². The third-order valence-corrected chi connectivity index (χ3v) is 7.43. The molecular formula is C28H33FN6O2. The molecule has 1 N–H and O–H groups in total. The van der Waals surface area contributed by atoms with Gasteiger partial charge in [0.05, 0.1) is 6.61 Å². The number of carbonyl (C=O) groups excluding carboxylic acids is 1. The number of ether oxygens (including phenoxy) is 1. The summed E-state index contributed by atoms with van der Waals surface area (Å²) in [4.78, 5) is 20.5. The Morgan fingerprint density at radius 2 is 1.89 bits per heavy atom. The molecule has 1 saturated heterocycles. The van der Waals surface area contributed by atoms with Crippen LogP contribution in [-0.2, 0) is 16.0 Å². The van der Waals surface area contributed by atoms with Crippen molar-refractivity contribution in [1.82, 2.24) is 29.5 Å². The summed E-state index contributed by atoms with van der Waals surface area (Å²) in [6.45, 7) is 8.55. The molecule has 2 aromatic carbocycles. The van der Waals surface area contributed by atoms with Crippen LogP contribution in [0, 0.1) is 5.82 Å². The number of nitrogens with one attached hydrogen (secondary N) is 1. The Morgan fingerprint density at radius 3 is 2.62 bits per heavy atom. The smallest absolute Gasteiger partial charge is 0.323 e. The molecule has 0 saturated carbocycles. The highest BCUT2D eigenvalue weighted by Crippen LogP contribution is 2.31. The van der Waals surface area contributed by atoms with Gasteiger partial charge in [0, 0.05) is 54.5 Å². The fourth-order valence-corrected chi connectivity index (χ4v) is 5.36.